The average Bonchev–Trinajstić information content (AvgIpc) is 3.09. The van der Waals surface area contributed by atoms with E-state index in [1.807, 2.05) is 60.0 Å². The van der Waals surface area contributed by atoms with Gasteiger partial charge in [0.25, 0.3) is 0 Å². The first-order valence-electron chi connectivity index (χ1n) is 9.03. The molecule has 6 heteroatoms. The van der Waals surface area contributed by atoms with Crippen molar-refractivity contribution in [2.24, 2.45) is 0 Å². The molecule has 0 aliphatic carbocycles. The Kier molecular flexibility index (Phi) is 6.29. The normalized spacial score (nSPS) is 12.0. The number of rotatable bonds is 7. The summed E-state index contributed by atoms with van der Waals surface area (Å²) in [6.45, 7) is 6.98. The molecule has 0 saturated carbocycles. The second-order valence-corrected chi connectivity index (χ2v) is 7.10. The highest BCUT2D eigenvalue weighted by Gasteiger charge is 2.27. The van der Waals surface area contributed by atoms with Gasteiger partial charge in [0.15, 0.2) is 11.0 Å². The van der Waals surface area contributed by atoms with E-state index in [1.165, 1.54) is 11.8 Å². The fraction of sp³-hybridized carbons (Fsp3) is 0.286. The van der Waals surface area contributed by atoms with Crippen LogP contribution in [0.3, 0.4) is 0 Å². The highest BCUT2D eigenvalue weighted by molar-refractivity contribution is 8.00. The molecule has 0 aliphatic rings. The summed E-state index contributed by atoms with van der Waals surface area (Å²) >= 11 is 1.38. The third-order valence-corrected chi connectivity index (χ3v) is 5.46. The Morgan fingerprint density at radius 3 is 2.44 bits per heavy atom. The second-order valence-electron chi connectivity index (χ2n) is 6.03. The highest BCUT2D eigenvalue weighted by atomic mass is 32.2. The molecule has 0 N–H and O–H groups in total. The molecule has 0 amide bonds. The van der Waals surface area contributed by atoms with E-state index in [0.717, 1.165) is 22.5 Å². The highest BCUT2D eigenvalue weighted by Crippen LogP contribution is 2.37. The van der Waals surface area contributed by atoms with Crippen molar-refractivity contribution in [2.45, 2.75) is 37.7 Å². The molecule has 3 rings (SSSR count). The minimum Gasteiger partial charge on any atom is -0.465 e. The Balaban J connectivity index is 1.97. The van der Waals surface area contributed by atoms with Crippen molar-refractivity contribution in [1.29, 1.82) is 0 Å². The smallest absolute Gasteiger partial charge is 0.324 e. The number of carbonyl (C=O) groups excluding carboxylic acids is 1. The van der Waals surface area contributed by atoms with Gasteiger partial charge in [0.1, 0.15) is 5.25 Å². The van der Waals surface area contributed by atoms with Crippen molar-refractivity contribution in [3.05, 3.63) is 65.7 Å². The fourth-order valence-corrected chi connectivity index (χ4v) is 3.99. The van der Waals surface area contributed by atoms with Gasteiger partial charge in [-0.05, 0) is 31.9 Å². The summed E-state index contributed by atoms with van der Waals surface area (Å²) in [5, 5.41) is 9.02. The predicted octanol–water partition coefficient (Wildman–Crippen LogP) is 4.67. The van der Waals surface area contributed by atoms with E-state index in [9.17, 15) is 4.79 Å². The number of nitrogens with zero attached hydrogens (tertiary/aromatic N) is 3. The van der Waals surface area contributed by atoms with Crippen LogP contribution in [0.25, 0.3) is 11.4 Å². The predicted molar refractivity (Wildman–Crippen MR) is 108 cm³/mol. The third kappa shape index (κ3) is 4.22. The van der Waals surface area contributed by atoms with Crippen LogP contribution >= 0.6 is 11.8 Å². The molecule has 0 bridgehead atoms. The maximum atomic E-state index is 12.6. The molecule has 140 valence electrons. The van der Waals surface area contributed by atoms with Gasteiger partial charge < -0.3 is 9.30 Å². The Bertz CT molecular complexity index is 909. The lowest BCUT2D eigenvalue weighted by Crippen LogP contribution is -2.14. The number of thioether (sulfide) groups is 1. The van der Waals surface area contributed by atoms with Crippen molar-refractivity contribution in [2.75, 3.05) is 6.61 Å². The van der Waals surface area contributed by atoms with Crippen molar-refractivity contribution >= 4 is 17.7 Å². The molecular weight excluding hydrogens is 358 g/mol. The molecular formula is C21H23N3O2S. The second kappa shape index (κ2) is 8.86. The van der Waals surface area contributed by atoms with Gasteiger partial charge >= 0.3 is 5.97 Å². The fourth-order valence-electron chi connectivity index (χ4n) is 2.89. The van der Waals surface area contributed by atoms with Gasteiger partial charge in [-0.2, -0.15) is 0 Å². The van der Waals surface area contributed by atoms with Crippen LogP contribution in [0, 0.1) is 6.92 Å². The molecule has 27 heavy (non-hydrogen) atoms. The lowest BCUT2D eigenvalue weighted by molar-refractivity contribution is -0.142. The number of hydrogen-bond donors (Lipinski definition) is 0. The van der Waals surface area contributed by atoms with Crippen LogP contribution in [0.1, 0.15) is 30.2 Å². The maximum Gasteiger partial charge on any atom is 0.324 e. The summed E-state index contributed by atoms with van der Waals surface area (Å²) in [4.78, 5) is 12.6. The van der Waals surface area contributed by atoms with E-state index in [4.69, 9.17) is 4.74 Å². The van der Waals surface area contributed by atoms with Crippen LogP contribution in [0.5, 0.6) is 0 Å². The van der Waals surface area contributed by atoms with Gasteiger partial charge in [-0.25, -0.2) is 0 Å². The minimum atomic E-state index is -0.481. The number of esters is 1. The summed E-state index contributed by atoms with van der Waals surface area (Å²) in [7, 11) is 0. The number of benzene rings is 2. The molecule has 0 fully saturated rings. The van der Waals surface area contributed by atoms with Crippen molar-refractivity contribution in [3.8, 4) is 11.4 Å². The zero-order valence-corrected chi connectivity index (χ0v) is 16.6. The van der Waals surface area contributed by atoms with E-state index >= 15 is 0 Å². The van der Waals surface area contributed by atoms with E-state index < -0.39 is 5.25 Å². The number of ether oxygens (including phenoxy) is 1. The van der Waals surface area contributed by atoms with Gasteiger partial charge in [0.2, 0.25) is 0 Å². The summed E-state index contributed by atoms with van der Waals surface area (Å²) in [5.41, 5.74) is 3.08. The average molecular weight is 382 g/mol. The maximum absolute atomic E-state index is 12.6. The Morgan fingerprint density at radius 2 is 1.78 bits per heavy atom. The summed E-state index contributed by atoms with van der Waals surface area (Å²) in [5.74, 6) is 0.547. The molecule has 1 aromatic heterocycles. The Morgan fingerprint density at radius 1 is 1.07 bits per heavy atom. The van der Waals surface area contributed by atoms with Gasteiger partial charge in [-0.3, -0.25) is 4.79 Å². The summed E-state index contributed by atoms with van der Waals surface area (Å²) in [6, 6.07) is 17.7. The first kappa shape index (κ1) is 19.2. The van der Waals surface area contributed by atoms with Crippen molar-refractivity contribution < 1.29 is 9.53 Å². The monoisotopic (exact) mass is 381 g/mol. The number of aromatic nitrogens is 3. The van der Waals surface area contributed by atoms with Gasteiger partial charge in [0.05, 0.1) is 6.61 Å². The molecule has 0 saturated heterocycles. The van der Waals surface area contributed by atoms with E-state index in [1.54, 1.807) is 0 Å². The molecule has 0 spiro atoms. The molecule has 1 atom stereocenters. The molecule has 2 aromatic carbocycles. The molecule has 5 nitrogen and oxygen atoms in total. The zero-order chi connectivity index (χ0) is 19.2. The number of carbonyl (C=O) groups is 1. The standard InChI is InChI=1S/C21H23N3O2S/c1-4-24-19(17-14-10-9-11-15(17)3)22-23-21(24)27-18(20(25)26-5-2)16-12-7-6-8-13-16/h6-14,18H,4-5H2,1-3H3/t18-/m0/s1. The summed E-state index contributed by atoms with van der Waals surface area (Å²) in [6.07, 6.45) is 0. The van der Waals surface area contributed by atoms with Gasteiger partial charge in [-0.15, -0.1) is 10.2 Å². The first-order valence-corrected chi connectivity index (χ1v) is 9.91. The van der Waals surface area contributed by atoms with Crippen molar-refractivity contribution in [3.63, 3.8) is 0 Å². The van der Waals surface area contributed by atoms with Crippen LogP contribution in [0.2, 0.25) is 0 Å². The largest absolute Gasteiger partial charge is 0.465 e. The number of hydrogen-bond acceptors (Lipinski definition) is 5. The minimum absolute atomic E-state index is 0.267. The molecule has 3 aromatic rings. The van der Waals surface area contributed by atoms with E-state index in [2.05, 4.69) is 30.1 Å². The third-order valence-electron chi connectivity index (χ3n) is 4.25. The van der Waals surface area contributed by atoms with E-state index in [0.29, 0.717) is 18.3 Å². The number of aryl methyl sites for hydroxylation is 1. The van der Waals surface area contributed by atoms with Crippen molar-refractivity contribution in [1.82, 2.24) is 14.8 Å². The molecule has 0 aliphatic heterocycles. The lowest BCUT2D eigenvalue weighted by Gasteiger charge is -2.16. The van der Waals surface area contributed by atoms with Gasteiger partial charge in [0, 0.05) is 12.1 Å². The Labute approximate surface area is 163 Å². The van der Waals surface area contributed by atoms with Gasteiger partial charge in [-0.1, -0.05) is 66.4 Å². The quantitative estimate of drug-likeness (QED) is 0.440. The van der Waals surface area contributed by atoms with Crippen LogP contribution < -0.4 is 0 Å². The topological polar surface area (TPSA) is 57.0 Å². The van der Waals surface area contributed by atoms with Crippen LogP contribution in [-0.2, 0) is 16.1 Å². The lowest BCUT2D eigenvalue weighted by atomic mass is 10.1. The molecule has 0 radical (unpaired) electrons. The molecule has 1 heterocycles. The SMILES string of the molecule is CCOC(=O)[C@@H](Sc1nnc(-c2ccccc2C)n1CC)c1ccccc1. The van der Waals surface area contributed by atoms with Crippen LogP contribution in [0.4, 0.5) is 0 Å². The zero-order valence-electron chi connectivity index (χ0n) is 15.8. The van der Waals surface area contributed by atoms with Crippen LogP contribution in [-0.4, -0.2) is 27.3 Å². The summed E-state index contributed by atoms with van der Waals surface area (Å²) < 4.78 is 7.34. The van der Waals surface area contributed by atoms with E-state index in [-0.39, 0.29) is 5.97 Å². The first-order chi connectivity index (χ1) is 13.2. The Hall–Kier alpha value is -2.60. The molecule has 0 unspecified atom stereocenters. The van der Waals surface area contributed by atoms with Crippen LogP contribution in [0.15, 0.2) is 59.8 Å².